The molecule has 0 radical (unpaired) electrons. The minimum Gasteiger partial charge on any atom is -0.392 e. The van der Waals surface area contributed by atoms with Gasteiger partial charge in [0.05, 0.1) is 6.61 Å². The van der Waals surface area contributed by atoms with Gasteiger partial charge in [0.2, 0.25) is 0 Å². The number of rotatable bonds is 5. The Morgan fingerprint density at radius 2 is 1.88 bits per heavy atom. The average molecular weight is 322 g/mol. The molecule has 0 saturated carbocycles. The van der Waals surface area contributed by atoms with Crippen LogP contribution in [0.2, 0.25) is 0 Å². The Morgan fingerprint density at radius 3 is 2.50 bits per heavy atom. The minimum absolute atomic E-state index is 0.0966. The molecule has 0 aromatic heterocycles. The van der Waals surface area contributed by atoms with E-state index in [0.717, 1.165) is 11.1 Å². The van der Waals surface area contributed by atoms with Gasteiger partial charge in [0.25, 0.3) is 0 Å². The fraction of sp³-hybridized carbons (Fsp3) is 0.391. The topological polar surface area (TPSA) is 20.2 Å². The smallest absolute Gasteiger partial charge is 0.0681 e. The van der Waals surface area contributed by atoms with Crippen molar-refractivity contribution in [3.63, 3.8) is 0 Å². The predicted octanol–water partition coefficient (Wildman–Crippen LogP) is 6.22. The summed E-state index contributed by atoms with van der Waals surface area (Å²) in [5.74, 6) is 0. The van der Waals surface area contributed by atoms with Gasteiger partial charge < -0.3 is 5.11 Å². The van der Waals surface area contributed by atoms with Crippen molar-refractivity contribution in [2.75, 3.05) is 0 Å². The van der Waals surface area contributed by atoms with Gasteiger partial charge in [-0.25, -0.2) is 0 Å². The van der Waals surface area contributed by atoms with Crippen molar-refractivity contribution in [1.29, 1.82) is 0 Å². The largest absolute Gasteiger partial charge is 0.392 e. The second kappa shape index (κ2) is 8.30. The zero-order chi connectivity index (χ0) is 17.6. The van der Waals surface area contributed by atoms with E-state index in [1.807, 2.05) is 24.3 Å². The van der Waals surface area contributed by atoms with Gasteiger partial charge in [-0.1, -0.05) is 79.6 Å². The normalized spacial score (nSPS) is 18.8. The number of benzene rings is 1. The fourth-order valence-corrected chi connectivity index (χ4v) is 3.33. The van der Waals surface area contributed by atoms with E-state index in [1.165, 1.54) is 36.0 Å². The van der Waals surface area contributed by atoms with Gasteiger partial charge in [0, 0.05) is 0 Å². The van der Waals surface area contributed by atoms with Crippen LogP contribution < -0.4 is 0 Å². The summed E-state index contributed by atoms with van der Waals surface area (Å²) in [5, 5.41) is 9.06. The molecule has 1 N–H and O–H groups in total. The SMILES string of the molecule is CC(C=CC1=C(C)CCCC1(C)C)=CC=Cc1ccc(CO)cc1. The Labute approximate surface area is 147 Å². The van der Waals surface area contributed by atoms with Crippen LogP contribution >= 0.6 is 0 Å². The quantitative estimate of drug-likeness (QED) is 0.638. The van der Waals surface area contributed by atoms with E-state index in [0.29, 0.717) is 5.41 Å². The summed E-state index contributed by atoms with van der Waals surface area (Å²) < 4.78 is 0. The van der Waals surface area contributed by atoms with Gasteiger partial charge in [-0.2, -0.15) is 0 Å². The van der Waals surface area contributed by atoms with Gasteiger partial charge >= 0.3 is 0 Å². The minimum atomic E-state index is 0.0966. The molecule has 0 aliphatic heterocycles. The highest BCUT2D eigenvalue weighted by molar-refractivity contribution is 5.52. The summed E-state index contributed by atoms with van der Waals surface area (Å²) in [4.78, 5) is 0. The van der Waals surface area contributed by atoms with Crippen molar-refractivity contribution < 1.29 is 5.11 Å². The monoisotopic (exact) mass is 322 g/mol. The third kappa shape index (κ3) is 5.07. The molecule has 0 heterocycles. The summed E-state index contributed by atoms with van der Waals surface area (Å²) in [6.07, 6.45) is 14.7. The molecule has 1 heteroatoms. The molecule has 2 rings (SSSR count). The van der Waals surface area contributed by atoms with Gasteiger partial charge in [0.15, 0.2) is 0 Å². The van der Waals surface area contributed by atoms with E-state index in [1.54, 1.807) is 0 Å². The molecule has 1 aromatic carbocycles. The lowest BCUT2D eigenvalue weighted by atomic mass is 9.72. The van der Waals surface area contributed by atoms with E-state index in [4.69, 9.17) is 5.11 Å². The number of aliphatic hydroxyl groups is 1. The first-order valence-electron chi connectivity index (χ1n) is 8.85. The highest BCUT2D eigenvalue weighted by Crippen LogP contribution is 2.40. The number of hydrogen-bond donors (Lipinski definition) is 1. The molecule has 0 saturated heterocycles. The second-order valence-electron chi connectivity index (χ2n) is 7.43. The number of aliphatic hydroxyl groups excluding tert-OH is 1. The van der Waals surface area contributed by atoms with Crippen LogP contribution in [0.5, 0.6) is 0 Å². The first-order valence-corrected chi connectivity index (χ1v) is 8.85. The molecule has 1 aliphatic carbocycles. The van der Waals surface area contributed by atoms with Crippen LogP contribution in [0, 0.1) is 5.41 Å². The Morgan fingerprint density at radius 1 is 1.17 bits per heavy atom. The summed E-state index contributed by atoms with van der Waals surface area (Å²) in [6.45, 7) is 9.21. The molecule has 1 nitrogen and oxygen atoms in total. The molecule has 1 aromatic rings. The van der Waals surface area contributed by atoms with Gasteiger partial charge in [-0.05, 0) is 55.2 Å². The van der Waals surface area contributed by atoms with Crippen molar-refractivity contribution in [2.24, 2.45) is 5.41 Å². The first kappa shape index (κ1) is 18.5. The van der Waals surface area contributed by atoms with Crippen molar-refractivity contribution in [1.82, 2.24) is 0 Å². The lowest BCUT2D eigenvalue weighted by Gasteiger charge is -2.32. The van der Waals surface area contributed by atoms with E-state index >= 15 is 0 Å². The third-order valence-electron chi connectivity index (χ3n) is 4.87. The van der Waals surface area contributed by atoms with Crippen LogP contribution in [0.15, 0.2) is 65.3 Å². The lowest BCUT2D eigenvalue weighted by molar-refractivity contribution is 0.282. The van der Waals surface area contributed by atoms with E-state index in [2.05, 4.69) is 58.1 Å². The van der Waals surface area contributed by atoms with Crippen LogP contribution in [0.3, 0.4) is 0 Å². The maximum absolute atomic E-state index is 9.06. The van der Waals surface area contributed by atoms with Crippen LogP contribution in [0.4, 0.5) is 0 Å². The second-order valence-corrected chi connectivity index (χ2v) is 7.43. The summed E-state index contributed by atoms with van der Waals surface area (Å²) in [5.41, 5.74) is 6.68. The van der Waals surface area contributed by atoms with E-state index in [9.17, 15) is 0 Å². The molecule has 0 bridgehead atoms. The lowest BCUT2D eigenvalue weighted by Crippen LogP contribution is -2.19. The van der Waals surface area contributed by atoms with Crippen molar-refractivity contribution in [3.8, 4) is 0 Å². The first-order chi connectivity index (χ1) is 11.4. The average Bonchev–Trinajstić information content (AvgIpc) is 2.54. The van der Waals surface area contributed by atoms with Crippen LogP contribution in [0.25, 0.3) is 6.08 Å². The maximum Gasteiger partial charge on any atom is 0.0681 e. The molecule has 0 spiro atoms. The van der Waals surface area contributed by atoms with Crippen LogP contribution in [0.1, 0.15) is 58.1 Å². The van der Waals surface area contributed by atoms with Gasteiger partial charge in [0.1, 0.15) is 0 Å². The maximum atomic E-state index is 9.06. The van der Waals surface area contributed by atoms with E-state index in [-0.39, 0.29) is 6.61 Å². The van der Waals surface area contributed by atoms with Crippen LogP contribution in [-0.4, -0.2) is 5.11 Å². The Balaban J connectivity index is 2.04. The Kier molecular flexibility index (Phi) is 6.39. The van der Waals surface area contributed by atoms with Crippen molar-refractivity contribution in [3.05, 3.63) is 76.4 Å². The van der Waals surface area contributed by atoms with Crippen molar-refractivity contribution in [2.45, 2.75) is 53.6 Å². The third-order valence-corrected chi connectivity index (χ3v) is 4.87. The molecule has 24 heavy (non-hydrogen) atoms. The summed E-state index contributed by atoms with van der Waals surface area (Å²) >= 11 is 0. The molecule has 128 valence electrons. The van der Waals surface area contributed by atoms with Crippen LogP contribution in [-0.2, 0) is 6.61 Å². The molecule has 1 aliphatic rings. The van der Waals surface area contributed by atoms with Gasteiger partial charge in [-0.15, -0.1) is 0 Å². The molecule has 0 amide bonds. The molecular formula is C23H30O. The standard InChI is InChI=1S/C23H30O/c1-18(7-5-9-20-11-13-21(17-24)14-12-20)10-15-22-19(2)8-6-16-23(22,3)4/h5,7,9-15,24H,6,8,16-17H2,1-4H3. The van der Waals surface area contributed by atoms with Gasteiger partial charge in [-0.3, -0.25) is 0 Å². The zero-order valence-corrected chi connectivity index (χ0v) is 15.5. The summed E-state index contributed by atoms with van der Waals surface area (Å²) in [6, 6.07) is 7.96. The highest BCUT2D eigenvalue weighted by atomic mass is 16.3. The Bertz CT molecular complexity index is 666. The number of allylic oxidation sites excluding steroid dienone is 7. The fourth-order valence-electron chi connectivity index (χ4n) is 3.33. The Hall–Kier alpha value is -1.86. The zero-order valence-electron chi connectivity index (χ0n) is 15.5. The highest BCUT2D eigenvalue weighted by Gasteiger charge is 2.26. The molecule has 0 fully saturated rings. The predicted molar refractivity (Wildman–Crippen MR) is 105 cm³/mol. The summed E-state index contributed by atoms with van der Waals surface area (Å²) in [7, 11) is 0. The number of hydrogen-bond acceptors (Lipinski definition) is 1. The van der Waals surface area contributed by atoms with E-state index < -0.39 is 0 Å². The molecule has 0 atom stereocenters. The molecular weight excluding hydrogens is 292 g/mol. The molecule has 0 unspecified atom stereocenters. The van der Waals surface area contributed by atoms with Crippen molar-refractivity contribution >= 4 is 6.08 Å².